The monoisotopic (exact) mass is 312 g/mol. The van der Waals surface area contributed by atoms with Gasteiger partial charge in [0.15, 0.2) is 0 Å². The normalized spacial score (nSPS) is 10.3. The third kappa shape index (κ3) is 3.16. The summed E-state index contributed by atoms with van der Waals surface area (Å²) >= 11 is 5.56. The number of nitrogens with zero attached hydrogens (tertiary/aromatic N) is 3. The number of benzene rings is 1. The minimum atomic E-state index is -0.698. The number of nitro groups is 1. The second-order valence-corrected chi connectivity index (χ2v) is 4.38. The molecular formula is C12H10ClFN4O3. The molecule has 0 radical (unpaired) electrons. The molecule has 0 unspecified atom stereocenters. The quantitative estimate of drug-likeness (QED) is 0.688. The third-order valence-electron chi connectivity index (χ3n) is 2.54. The Labute approximate surface area is 123 Å². The summed E-state index contributed by atoms with van der Waals surface area (Å²) in [5.74, 6) is -0.780. The van der Waals surface area contributed by atoms with Crippen LogP contribution >= 0.6 is 11.6 Å². The molecule has 7 nitrogen and oxygen atoms in total. The first-order valence-electron chi connectivity index (χ1n) is 5.76. The molecule has 2 aromatic rings. The van der Waals surface area contributed by atoms with Gasteiger partial charge < -0.3 is 10.1 Å². The largest absolute Gasteiger partial charge is 0.433 e. The fraction of sp³-hybridized carbons (Fsp3) is 0.167. The lowest BCUT2D eigenvalue weighted by Crippen LogP contribution is -2.05. The van der Waals surface area contributed by atoms with Crippen molar-refractivity contribution >= 4 is 23.2 Å². The van der Waals surface area contributed by atoms with Gasteiger partial charge in [0.25, 0.3) is 0 Å². The molecule has 0 aliphatic rings. The Hall–Kier alpha value is -2.48. The van der Waals surface area contributed by atoms with Crippen LogP contribution in [0.4, 0.5) is 16.0 Å². The van der Waals surface area contributed by atoms with Crippen molar-refractivity contribution in [2.45, 2.75) is 6.92 Å². The highest BCUT2D eigenvalue weighted by Crippen LogP contribution is 2.33. The molecule has 0 atom stereocenters. The fourth-order valence-electron chi connectivity index (χ4n) is 1.59. The molecule has 0 aliphatic carbocycles. The highest BCUT2D eigenvalue weighted by Gasteiger charge is 2.24. The van der Waals surface area contributed by atoms with Crippen LogP contribution in [0.1, 0.15) is 5.69 Å². The van der Waals surface area contributed by atoms with E-state index in [1.54, 1.807) is 7.05 Å². The molecule has 0 aliphatic heterocycles. The van der Waals surface area contributed by atoms with Gasteiger partial charge in [0, 0.05) is 13.1 Å². The number of aromatic nitrogens is 2. The first kappa shape index (κ1) is 14.9. The number of aryl methyl sites for hydroxylation is 1. The van der Waals surface area contributed by atoms with Gasteiger partial charge in [-0.05, 0) is 19.1 Å². The summed E-state index contributed by atoms with van der Waals surface area (Å²) in [5.41, 5.74) is -0.256. The summed E-state index contributed by atoms with van der Waals surface area (Å²) in [6.45, 7) is 1.45. The lowest BCUT2D eigenvalue weighted by molar-refractivity contribution is -0.386. The molecule has 1 heterocycles. The van der Waals surface area contributed by atoms with Crippen molar-refractivity contribution in [3.63, 3.8) is 0 Å². The Bertz CT molecular complexity index is 711. The molecule has 1 aromatic carbocycles. The highest BCUT2D eigenvalue weighted by atomic mass is 35.5. The van der Waals surface area contributed by atoms with Crippen LogP contribution < -0.4 is 10.1 Å². The minimum absolute atomic E-state index is 0.0418. The molecule has 0 bridgehead atoms. The summed E-state index contributed by atoms with van der Waals surface area (Å²) in [7, 11) is 1.56. The average molecular weight is 313 g/mol. The van der Waals surface area contributed by atoms with Crippen LogP contribution in [0.15, 0.2) is 18.2 Å². The van der Waals surface area contributed by atoms with Gasteiger partial charge in [-0.2, -0.15) is 4.98 Å². The van der Waals surface area contributed by atoms with E-state index in [0.717, 1.165) is 6.07 Å². The summed E-state index contributed by atoms with van der Waals surface area (Å²) in [4.78, 5) is 18.2. The van der Waals surface area contributed by atoms with Crippen LogP contribution in [-0.2, 0) is 0 Å². The average Bonchev–Trinajstić information content (AvgIpc) is 2.41. The van der Waals surface area contributed by atoms with Gasteiger partial charge in [-0.3, -0.25) is 10.1 Å². The van der Waals surface area contributed by atoms with E-state index < -0.39 is 10.7 Å². The Morgan fingerprint density at radius 3 is 2.71 bits per heavy atom. The number of hydrogen-bond donors (Lipinski definition) is 1. The molecule has 1 aromatic heterocycles. The molecule has 21 heavy (non-hydrogen) atoms. The molecule has 0 amide bonds. The molecule has 0 spiro atoms. The van der Waals surface area contributed by atoms with Crippen LogP contribution in [0.2, 0.25) is 5.02 Å². The summed E-state index contributed by atoms with van der Waals surface area (Å²) < 4.78 is 18.7. The number of halogens is 2. The van der Waals surface area contributed by atoms with Gasteiger partial charge in [-0.15, -0.1) is 0 Å². The van der Waals surface area contributed by atoms with Crippen LogP contribution in [-0.4, -0.2) is 21.9 Å². The zero-order valence-electron chi connectivity index (χ0n) is 11.1. The topological polar surface area (TPSA) is 90.2 Å². The number of hydrogen-bond acceptors (Lipinski definition) is 6. The standard InChI is InChI=1S/C12H10ClFN4O3/c1-6-10(18(19)20)11(17-12(15-2)16-6)21-7-3-4-8(13)9(14)5-7/h3-5H,1-2H3,(H,15,16,17). The first-order valence-corrected chi connectivity index (χ1v) is 6.14. The van der Waals surface area contributed by atoms with Crippen molar-refractivity contribution in [3.05, 3.63) is 44.8 Å². The van der Waals surface area contributed by atoms with Crippen LogP contribution in [0.25, 0.3) is 0 Å². The second kappa shape index (κ2) is 5.88. The Balaban J connectivity index is 2.48. The second-order valence-electron chi connectivity index (χ2n) is 3.97. The Kier molecular flexibility index (Phi) is 4.18. The number of nitrogens with one attached hydrogen (secondary N) is 1. The Morgan fingerprint density at radius 2 is 2.14 bits per heavy atom. The summed E-state index contributed by atoms with van der Waals surface area (Å²) in [5, 5.41) is 13.7. The molecule has 0 saturated heterocycles. The maximum absolute atomic E-state index is 13.4. The van der Waals surface area contributed by atoms with E-state index in [1.165, 1.54) is 19.1 Å². The van der Waals surface area contributed by atoms with Crippen molar-refractivity contribution in [3.8, 4) is 11.6 Å². The SMILES string of the molecule is CNc1nc(C)c([N+](=O)[O-])c(Oc2ccc(Cl)c(F)c2)n1. The van der Waals surface area contributed by atoms with Crippen LogP contribution in [0.5, 0.6) is 11.6 Å². The maximum Gasteiger partial charge on any atom is 0.352 e. The van der Waals surface area contributed by atoms with Gasteiger partial charge in [-0.1, -0.05) is 11.6 Å². The number of anilines is 1. The van der Waals surface area contributed by atoms with Crippen molar-refractivity contribution in [1.82, 2.24) is 9.97 Å². The molecule has 9 heteroatoms. The van der Waals surface area contributed by atoms with Crippen molar-refractivity contribution in [1.29, 1.82) is 0 Å². The number of ether oxygens (including phenoxy) is 1. The molecule has 0 saturated carbocycles. The molecule has 0 fully saturated rings. The summed E-state index contributed by atoms with van der Waals surface area (Å²) in [6, 6.07) is 3.68. The van der Waals surface area contributed by atoms with Gasteiger partial charge >= 0.3 is 11.6 Å². The highest BCUT2D eigenvalue weighted by molar-refractivity contribution is 6.30. The van der Waals surface area contributed by atoms with Gasteiger partial charge in [0.2, 0.25) is 5.95 Å². The van der Waals surface area contributed by atoms with Crippen molar-refractivity contribution in [2.75, 3.05) is 12.4 Å². The van der Waals surface area contributed by atoms with E-state index in [1.807, 2.05) is 0 Å². The van der Waals surface area contributed by atoms with E-state index in [2.05, 4.69) is 15.3 Å². The predicted octanol–water partition coefficient (Wildman–Crippen LogP) is 3.32. The van der Waals surface area contributed by atoms with Crippen LogP contribution in [0.3, 0.4) is 0 Å². The van der Waals surface area contributed by atoms with Crippen LogP contribution in [0, 0.1) is 22.9 Å². The molecule has 1 N–H and O–H groups in total. The lowest BCUT2D eigenvalue weighted by Gasteiger charge is -2.08. The van der Waals surface area contributed by atoms with E-state index in [-0.39, 0.29) is 34.0 Å². The van der Waals surface area contributed by atoms with E-state index in [4.69, 9.17) is 16.3 Å². The zero-order chi connectivity index (χ0) is 15.6. The van der Waals surface area contributed by atoms with Gasteiger partial charge in [0.05, 0.1) is 9.95 Å². The third-order valence-corrected chi connectivity index (χ3v) is 2.84. The minimum Gasteiger partial charge on any atom is -0.433 e. The van der Waals surface area contributed by atoms with Gasteiger partial charge in [0.1, 0.15) is 17.3 Å². The van der Waals surface area contributed by atoms with Crippen molar-refractivity contribution in [2.24, 2.45) is 0 Å². The molecule has 110 valence electrons. The molecule has 2 rings (SSSR count). The zero-order valence-corrected chi connectivity index (χ0v) is 11.8. The smallest absolute Gasteiger partial charge is 0.352 e. The predicted molar refractivity (Wildman–Crippen MR) is 74.5 cm³/mol. The first-order chi connectivity index (χ1) is 9.92. The molecular weight excluding hydrogens is 303 g/mol. The van der Waals surface area contributed by atoms with E-state index in [9.17, 15) is 14.5 Å². The maximum atomic E-state index is 13.4. The van der Waals surface area contributed by atoms with Gasteiger partial charge in [-0.25, -0.2) is 9.37 Å². The Morgan fingerprint density at radius 1 is 1.43 bits per heavy atom. The fourth-order valence-corrected chi connectivity index (χ4v) is 1.70. The summed E-state index contributed by atoms with van der Waals surface area (Å²) in [6.07, 6.45) is 0. The van der Waals surface area contributed by atoms with Crippen molar-refractivity contribution < 1.29 is 14.1 Å². The van der Waals surface area contributed by atoms with E-state index in [0.29, 0.717) is 0 Å². The lowest BCUT2D eigenvalue weighted by atomic mass is 10.3. The van der Waals surface area contributed by atoms with E-state index >= 15 is 0 Å². The number of rotatable bonds is 4.